The molecule has 0 atom stereocenters. The van der Waals surface area contributed by atoms with E-state index in [1.807, 2.05) is 0 Å². The van der Waals surface area contributed by atoms with Crippen molar-refractivity contribution in [2.75, 3.05) is 0 Å². The second-order valence-corrected chi connectivity index (χ2v) is 25.7. The van der Waals surface area contributed by atoms with Crippen LogP contribution < -0.4 is 3.27 Å². The number of fused-ring (bicyclic) bond motifs is 5. The maximum Gasteiger partial charge on any atom is -0.147 e. The van der Waals surface area contributed by atoms with Crippen LogP contribution in [0.3, 0.4) is 0 Å². The number of rotatable bonds is 6. The molecule has 64 heavy (non-hydrogen) atoms. The Morgan fingerprint density at radius 3 is 1.53 bits per heavy atom. The molecule has 0 nitrogen and oxygen atoms in total. The summed E-state index contributed by atoms with van der Waals surface area (Å²) in [5.41, 5.74) is 16.1. The van der Waals surface area contributed by atoms with Crippen LogP contribution in [0.25, 0.3) is 54.9 Å². The Hall–Kier alpha value is -4.33. The Kier molecular flexibility index (Phi) is 13.1. The Balaban J connectivity index is 0.00000280. The summed E-state index contributed by atoms with van der Waals surface area (Å²) >= 11 is 10.8. The van der Waals surface area contributed by atoms with Crippen LogP contribution in [0.1, 0.15) is 81.3 Å². The standard InChI is InChI=1S/C33H33.C21H12Cl2.C5H5.2ClH.Zr/c1-32(2,3)30-20-26-24(18-28(30)22-13-9-7-10-14-22)17-25-19-29(23-15-11-8-12-16-23)31(21-27(25)26)33(4,5)6;22-20-11-9-14(16-5-1-3-7-18(16)20)13-15-10-12-21(23)19-8-4-2-6-17(15)19;1-2-4-5-3-1;;;/h7-16,18,20-21H,17H2,1-6H3;1-12H;1-3H,4H2;2*1H;. The molecule has 0 fully saturated rings. The molecule has 5 heteroatoms. The van der Waals surface area contributed by atoms with E-state index >= 15 is 0 Å². The first-order valence-electron chi connectivity index (χ1n) is 21.8. The topological polar surface area (TPSA) is 0 Å². The van der Waals surface area contributed by atoms with Gasteiger partial charge in [0.1, 0.15) is 0 Å². The van der Waals surface area contributed by atoms with Gasteiger partial charge in [0.15, 0.2) is 0 Å². The van der Waals surface area contributed by atoms with E-state index < -0.39 is 21.3 Å². The van der Waals surface area contributed by atoms with E-state index in [-0.39, 0.29) is 35.6 Å². The van der Waals surface area contributed by atoms with E-state index in [1.54, 1.807) is 6.55 Å². The summed E-state index contributed by atoms with van der Waals surface area (Å²) < 4.78 is 4.62. The van der Waals surface area contributed by atoms with Crippen LogP contribution in [0.4, 0.5) is 0 Å². The van der Waals surface area contributed by atoms with Crippen molar-refractivity contribution in [3.8, 4) is 33.4 Å². The van der Waals surface area contributed by atoms with Crippen LogP contribution in [0.5, 0.6) is 0 Å². The summed E-state index contributed by atoms with van der Waals surface area (Å²) in [6, 6.07) is 56.4. The molecule has 0 unspecified atom stereocenters. The molecular formula is C59H52Cl4Zr. The van der Waals surface area contributed by atoms with Crippen LogP contribution in [0, 0.1) is 0 Å². The third kappa shape index (κ3) is 8.16. The van der Waals surface area contributed by atoms with Crippen LogP contribution >= 0.6 is 48.0 Å². The molecule has 8 aromatic rings. The molecule has 320 valence electrons. The fourth-order valence-electron chi connectivity index (χ4n) is 10.1. The first-order valence-corrected chi connectivity index (χ1v) is 26.3. The fraction of sp³-hybridized carbons (Fsp3) is 0.169. The van der Waals surface area contributed by atoms with Crippen molar-refractivity contribution in [2.45, 2.75) is 65.2 Å². The normalized spacial score (nSPS) is 13.0. The monoisotopic (exact) mass is 990 g/mol. The zero-order valence-corrected chi connectivity index (χ0v) is 42.8. The van der Waals surface area contributed by atoms with Gasteiger partial charge in [0.25, 0.3) is 0 Å². The predicted molar refractivity (Wildman–Crippen MR) is 280 cm³/mol. The van der Waals surface area contributed by atoms with E-state index in [9.17, 15) is 0 Å². The van der Waals surface area contributed by atoms with Gasteiger partial charge in [-0.15, -0.1) is 24.8 Å². The average Bonchev–Trinajstić information content (AvgIpc) is 3.94. The molecule has 0 heterocycles. The van der Waals surface area contributed by atoms with E-state index in [0.29, 0.717) is 0 Å². The minimum atomic E-state index is -3.39. The van der Waals surface area contributed by atoms with Gasteiger partial charge in [0, 0.05) is 0 Å². The van der Waals surface area contributed by atoms with Crippen molar-refractivity contribution in [1.82, 2.24) is 0 Å². The summed E-state index contributed by atoms with van der Waals surface area (Å²) in [6.07, 6.45) is 8.98. The zero-order valence-electron chi connectivity index (χ0n) is 37.2. The molecule has 0 aromatic heterocycles. The third-order valence-corrected chi connectivity index (χ3v) is 21.3. The molecule has 10 rings (SSSR count). The van der Waals surface area contributed by atoms with Gasteiger partial charge in [-0.05, 0) is 0 Å². The maximum atomic E-state index is 7.09. The van der Waals surface area contributed by atoms with Crippen molar-refractivity contribution >= 4 is 76.0 Å². The van der Waals surface area contributed by atoms with Crippen LogP contribution in [0.2, 0.25) is 10.0 Å². The van der Waals surface area contributed by atoms with Crippen LogP contribution in [-0.2, 0) is 38.5 Å². The summed E-state index contributed by atoms with van der Waals surface area (Å²) in [6.45, 7) is 14.3. The molecule has 0 bridgehead atoms. The van der Waals surface area contributed by atoms with Crippen LogP contribution in [0.15, 0.2) is 173 Å². The van der Waals surface area contributed by atoms with Gasteiger partial charge in [-0.1, -0.05) is 0 Å². The Bertz CT molecular complexity index is 3110. The maximum absolute atomic E-state index is 7.09. The minimum absolute atomic E-state index is 0. The number of halogens is 4. The molecule has 2 aliphatic carbocycles. The number of hydrogen-bond donors (Lipinski definition) is 0. The summed E-state index contributed by atoms with van der Waals surface area (Å²) in [5, 5.41) is 6.09. The molecular weight excluding hydrogens is 942 g/mol. The van der Waals surface area contributed by atoms with Crippen molar-refractivity contribution in [1.29, 1.82) is 0 Å². The quantitative estimate of drug-likeness (QED) is 0.156. The second kappa shape index (κ2) is 18.2. The van der Waals surface area contributed by atoms with Crippen molar-refractivity contribution in [2.24, 2.45) is 0 Å². The predicted octanol–water partition coefficient (Wildman–Crippen LogP) is 17.0. The van der Waals surface area contributed by atoms with Gasteiger partial charge in [-0.25, -0.2) is 0 Å². The zero-order chi connectivity index (χ0) is 42.9. The molecule has 0 amide bonds. The number of benzene rings is 8. The first kappa shape index (κ1) is 46.2. The summed E-state index contributed by atoms with van der Waals surface area (Å²) in [5.74, 6) is 0. The Morgan fingerprint density at radius 2 is 1.02 bits per heavy atom. The molecule has 0 aliphatic heterocycles. The average molecular weight is 994 g/mol. The molecule has 0 saturated carbocycles. The summed E-state index contributed by atoms with van der Waals surface area (Å²) in [4.78, 5) is 0. The van der Waals surface area contributed by atoms with E-state index in [4.69, 9.17) is 23.2 Å². The van der Waals surface area contributed by atoms with Crippen molar-refractivity contribution in [3.63, 3.8) is 0 Å². The van der Waals surface area contributed by atoms with E-state index in [2.05, 4.69) is 211 Å². The van der Waals surface area contributed by atoms with Crippen molar-refractivity contribution < 1.29 is 21.3 Å². The van der Waals surface area contributed by atoms with E-state index in [0.717, 1.165) is 33.7 Å². The van der Waals surface area contributed by atoms with Gasteiger partial charge in [0.2, 0.25) is 0 Å². The van der Waals surface area contributed by atoms with Gasteiger partial charge < -0.3 is 0 Å². The van der Waals surface area contributed by atoms with Crippen molar-refractivity contribution in [3.05, 3.63) is 217 Å². The first-order chi connectivity index (χ1) is 29.9. The van der Waals surface area contributed by atoms with Gasteiger partial charge >= 0.3 is 388 Å². The van der Waals surface area contributed by atoms with E-state index in [1.165, 1.54) is 80.7 Å². The molecule has 0 spiro atoms. The fourth-order valence-corrected chi connectivity index (χ4v) is 19.2. The molecule has 0 saturated heterocycles. The SMILES string of the molecule is CC(C)(C)c1cc2c(cc1-c1ccccc1)Cc1c-2cc(C(C)(C)C)c(-c2ccccc2)[c]1[Zr]([C]1=CC=CC1)=[C](c1ccc(Cl)c2ccccc12)c1ccc(Cl)c2ccccc12.Cl.Cl. The number of allylic oxidation sites excluding steroid dienone is 4. The molecule has 8 aromatic carbocycles. The summed E-state index contributed by atoms with van der Waals surface area (Å²) in [7, 11) is 0. The third-order valence-electron chi connectivity index (χ3n) is 13.0. The second-order valence-electron chi connectivity index (χ2n) is 19.0. The molecule has 0 radical (unpaired) electrons. The Morgan fingerprint density at radius 1 is 0.516 bits per heavy atom. The van der Waals surface area contributed by atoms with Crippen LogP contribution in [-0.4, -0.2) is 3.21 Å². The van der Waals surface area contributed by atoms with Gasteiger partial charge in [0.05, 0.1) is 0 Å². The largest absolute Gasteiger partial charge is 0.147 e. The molecule has 0 N–H and O–H groups in total. The number of hydrogen-bond acceptors (Lipinski definition) is 0. The molecule has 2 aliphatic rings. The minimum Gasteiger partial charge on any atom is -0.147 e. The van der Waals surface area contributed by atoms with Gasteiger partial charge in [-0.2, -0.15) is 0 Å². The van der Waals surface area contributed by atoms with Gasteiger partial charge in [-0.3, -0.25) is 0 Å². The Labute approximate surface area is 409 Å². The smallest absolute Gasteiger partial charge is 0.147 e.